The van der Waals surface area contributed by atoms with E-state index >= 15 is 0 Å². The van der Waals surface area contributed by atoms with E-state index in [1.165, 1.54) is 17.6 Å². The van der Waals surface area contributed by atoms with Crippen LogP contribution < -0.4 is 0 Å². The second-order valence-electron chi connectivity index (χ2n) is 17.6. The lowest BCUT2D eigenvalue weighted by molar-refractivity contribution is -0.161. The number of unbranched alkanes of at least 4 members (excludes halogenated alkanes) is 3. The minimum atomic E-state index is -0.399. The average molecular weight is 731 g/mol. The predicted molar refractivity (Wildman–Crippen MR) is 212 cm³/mol. The monoisotopic (exact) mass is 731 g/mol. The van der Waals surface area contributed by atoms with Crippen molar-refractivity contribution in [3.63, 3.8) is 0 Å². The van der Waals surface area contributed by atoms with Gasteiger partial charge in [-0.2, -0.15) is 0 Å². The molecule has 2 bridgehead atoms. The normalized spacial score (nSPS) is 22.0. The summed E-state index contributed by atoms with van der Waals surface area (Å²) in [5.74, 6) is 1.62. The molecule has 0 spiro atoms. The van der Waals surface area contributed by atoms with Crippen LogP contribution in [0.15, 0.2) is 23.3 Å². The molecule has 300 valence electrons. The number of allylic oxidation sites excluding steroid dienone is 4. The first-order valence-electron chi connectivity index (χ1n) is 21.0. The summed E-state index contributed by atoms with van der Waals surface area (Å²) < 4.78 is 23.7. The van der Waals surface area contributed by atoms with Crippen LogP contribution in [-0.2, 0) is 33.3 Å². The molecule has 2 aliphatic carbocycles. The molecule has 7 heteroatoms. The van der Waals surface area contributed by atoms with Crippen LogP contribution >= 0.6 is 0 Å². The average Bonchev–Trinajstić information content (AvgIpc) is 3.40. The number of Topliss-reactive ketones (excluding diaryl/α,β-unsaturated/α-hetero) is 1. The van der Waals surface area contributed by atoms with Gasteiger partial charge in [0.1, 0.15) is 11.9 Å². The maximum atomic E-state index is 12.5. The standard InChI is InChI=1S/C45H78O7/c1-34(2)17-14-19-36(5)27-31-50-43(51-32-28-37(6)20-15-18-35(3)4)25-24-41(47)49-30-13-11-10-12-21-39(46)22-16-23-42(48)52-40-33-38-26-29-45(40,9)44(38,7)8/h17-18,36-38,40,43H,10-16,19-33H2,1-9H3/t36?,37?,38?,40-,43?,45-/m1/s1. The lowest BCUT2D eigenvalue weighted by atomic mass is 9.70. The zero-order valence-electron chi connectivity index (χ0n) is 35.0. The highest BCUT2D eigenvalue weighted by molar-refractivity contribution is 5.79. The van der Waals surface area contributed by atoms with E-state index in [2.05, 4.69) is 74.5 Å². The van der Waals surface area contributed by atoms with Crippen LogP contribution in [0.2, 0.25) is 0 Å². The van der Waals surface area contributed by atoms with E-state index in [0.717, 1.165) is 77.0 Å². The van der Waals surface area contributed by atoms with E-state index in [-0.39, 0.29) is 41.1 Å². The van der Waals surface area contributed by atoms with Gasteiger partial charge in [-0.25, -0.2) is 0 Å². The van der Waals surface area contributed by atoms with Gasteiger partial charge in [0, 0.05) is 44.3 Å². The fourth-order valence-corrected chi connectivity index (χ4v) is 7.97. The number of hydrogen-bond donors (Lipinski definition) is 0. The van der Waals surface area contributed by atoms with E-state index in [0.29, 0.717) is 69.7 Å². The topological polar surface area (TPSA) is 88.1 Å². The van der Waals surface area contributed by atoms with Crippen molar-refractivity contribution in [3.8, 4) is 0 Å². The largest absolute Gasteiger partial charge is 0.466 e. The van der Waals surface area contributed by atoms with Gasteiger partial charge in [0.05, 0.1) is 13.0 Å². The van der Waals surface area contributed by atoms with E-state index in [4.69, 9.17) is 18.9 Å². The third-order valence-electron chi connectivity index (χ3n) is 12.3. The van der Waals surface area contributed by atoms with E-state index < -0.39 is 6.29 Å². The minimum Gasteiger partial charge on any atom is -0.466 e. The maximum absolute atomic E-state index is 12.5. The summed E-state index contributed by atoms with van der Waals surface area (Å²) in [6, 6.07) is 0. The summed E-state index contributed by atoms with van der Waals surface area (Å²) in [5.41, 5.74) is 3.01. The van der Waals surface area contributed by atoms with Crippen molar-refractivity contribution >= 4 is 17.7 Å². The van der Waals surface area contributed by atoms with Crippen molar-refractivity contribution < 1.29 is 33.3 Å². The first-order valence-corrected chi connectivity index (χ1v) is 21.0. The lowest BCUT2D eigenvalue weighted by Crippen LogP contribution is -2.38. The first-order chi connectivity index (χ1) is 24.6. The highest BCUT2D eigenvalue weighted by Gasteiger charge is 2.62. The number of carbonyl (C=O) groups excluding carboxylic acids is 3. The summed E-state index contributed by atoms with van der Waals surface area (Å²) in [6.45, 7) is 21.6. The quantitative estimate of drug-likeness (QED) is 0.0328. The summed E-state index contributed by atoms with van der Waals surface area (Å²) in [5, 5.41) is 0. The molecule has 0 N–H and O–H groups in total. The maximum Gasteiger partial charge on any atom is 0.306 e. The zero-order chi connectivity index (χ0) is 38.6. The highest BCUT2D eigenvalue weighted by Crippen LogP contribution is 2.66. The molecule has 0 amide bonds. The van der Waals surface area contributed by atoms with Crippen LogP contribution in [0.4, 0.5) is 0 Å². The van der Waals surface area contributed by atoms with Crippen LogP contribution in [0.1, 0.15) is 184 Å². The van der Waals surface area contributed by atoms with Crippen molar-refractivity contribution in [3.05, 3.63) is 23.3 Å². The number of rotatable bonds is 29. The van der Waals surface area contributed by atoms with E-state index in [1.807, 2.05) is 0 Å². The van der Waals surface area contributed by atoms with Crippen LogP contribution in [-0.4, -0.2) is 49.9 Å². The van der Waals surface area contributed by atoms with Gasteiger partial charge in [-0.05, 0) is 128 Å². The van der Waals surface area contributed by atoms with Gasteiger partial charge in [-0.15, -0.1) is 0 Å². The summed E-state index contributed by atoms with van der Waals surface area (Å²) in [6.07, 6.45) is 20.0. The smallest absolute Gasteiger partial charge is 0.306 e. The van der Waals surface area contributed by atoms with Gasteiger partial charge < -0.3 is 18.9 Å². The van der Waals surface area contributed by atoms with Gasteiger partial charge in [0.15, 0.2) is 6.29 Å². The molecule has 7 nitrogen and oxygen atoms in total. The molecule has 2 fully saturated rings. The van der Waals surface area contributed by atoms with Crippen molar-refractivity contribution in [2.24, 2.45) is 28.6 Å². The second kappa shape index (κ2) is 24.4. The molecule has 0 saturated heterocycles. The summed E-state index contributed by atoms with van der Waals surface area (Å²) in [7, 11) is 0. The molecule has 2 aliphatic rings. The van der Waals surface area contributed by atoms with Crippen molar-refractivity contribution in [2.45, 2.75) is 197 Å². The Bertz CT molecular complexity index is 1080. The first kappa shape index (κ1) is 46.2. The van der Waals surface area contributed by atoms with Crippen LogP contribution in [0.25, 0.3) is 0 Å². The van der Waals surface area contributed by atoms with E-state index in [1.54, 1.807) is 0 Å². The highest BCUT2D eigenvalue weighted by atomic mass is 16.7. The number of carbonyl (C=O) groups is 3. The molecule has 52 heavy (non-hydrogen) atoms. The number of ether oxygens (including phenoxy) is 4. The molecule has 0 heterocycles. The number of fused-ring (bicyclic) bond motifs is 2. The predicted octanol–water partition coefficient (Wildman–Crippen LogP) is 11.7. The third-order valence-corrected chi connectivity index (χ3v) is 12.3. The Balaban J connectivity index is 1.56. The third kappa shape index (κ3) is 17.4. The van der Waals surface area contributed by atoms with Crippen LogP contribution in [0.5, 0.6) is 0 Å². The molecule has 0 radical (unpaired) electrons. The summed E-state index contributed by atoms with van der Waals surface area (Å²) >= 11 is 0. The van der Waals surface area contributed by atoms with E-state index in [9.17, 15) is 14.4 Å². The Kier molecular flexibility index (Phi) is 21.7. The fraction of sp³-hybridized carbons (Fsp3) is 0.844. The molecular weight excluding hydrogens is 652 g/mol. The number of esters is 2. The molecule has 5 atom stereocenters. The minimum absolute atomic E-state index is 0.0156. The van der Waals surface area contributed by atoms with Crippen molar-refractivity contribution in [2.75, 3.05) is 19.8 Å². The van der Waals surface area contributed by atoms with Crippen molar-refractivity contribution in [1.82, 2.24) is 0 Å². The molecule has 0 aliphatic heterocycles. The fourth-order valence-electron chi connectivity index (χ4n) is 7.97. The molecule has 2 saturated carbocycles. The molecule has 3 unspecified atom stereocenters. The van der Waals surface area contributed by atoms with Gasteiger partial charge in [0.25, 0.3) is 0 Å². The Morgan fingerprint density at radius 3 is 1.79 bits per heavy atom. The number of ketones is 1. The summed E-state index contributed by atoms with van der Waals surface area (Å²) in [4.78, 5) is 37.5. The van der Waals surface area contributed by atoms with Gasteiger partial charge >= 0.3 is 11.9 Å². The number of hydrogen-bond acceptors (Lipinski definition) is 7. The molecular formula is C45H78O7. The SMILES string of the molecule is CC(C)=CCCC(C)CCOC(CCC(=O)OCCCCCCC(=O)CCCC(=O)O[C@@H]1CC2CC[C@@]1(C)C2(C)C)OCCC(C)CCC=C(C)C. The van der Waals surface area contributed by atoms with Gasteiger partial charge in [-0.3, -0.25) is 14.4 Å². The Morgan fingerprint density at radius 2 is 1.25 bits per heavy atom. The Morgan fingerprint density at radius 1 is 0.673 bits per heavy atom. The van der Waals surface area contributed by atoms with Gasteiger partial charge in [-0.1, -0.05) is 70.8 Å². The molecule has 2 rings (SSSR count). The molecule has 0 aromatic carbocycles. The molecule has 0 aromatic heterocycles. The Labute approximate surface area is 318 Å². The lowest BCUT2D eigenvalue weighted by Gasteiger charge is -2.38. The van der Waals surface area contributed by atoms with Crippen LogP contribution in [0, 0.1) is 28.6 Å². The van der Waals surface area contributed by atoms with Gasteiger partial charge in [0.2, 0.25) is 0 Å². The van der Waals surface area contributed by atoms with Crippen LogP contribution in [0.3, 0.4) is 0 Å². The van der Waals surface area contributed by atoms with Crippen molar-refractivity contribution in [1.29, 1.82) is 0 Å². The molecule has 0 aromatic rings. The zero-order valence-corrected chi connectivity index (χ0v) is 35.0. The second-order valence-corrected chi connectivity index (χ2v) is 17.6. The Hall–Kier alpha value is -1.99.